The maximum Gasteiger partial charge on any atom is 0.412 e. The van der Waals surface area contributed by atoms with Crippen LogP contribution in [0.3, 0.4) is 0 Å². The lowest BCUT2D eigenvalue weighted by molar-refractivity contribution is 0.0636. The Balaban J connectivity index is 1.87. The lowest BCUT2D eigenvalue weighted by Crippen LogP contribution is -2.27. The van der Waals surface area contributed by atoms with Crippen molar-refractivity contribution in [1.82, 2.24) is 0 Å². The summed E-state index contributed by atoms with van der Waals surface area (Å²) in [5, 5.41) is 14.8. The van der Waals surface area contributed by atoms with Gasteiger partial charge in [0.1, 0.15) is 16.5 Å². The first-order chi connectivity index (χ1) is 10.9. The molecule has 0 atom stereocenters. The number of nitrogens with zero attached hydrogens (tertiary/aromatic N) is 1. The fourth-order valence-electron chi connectivity index (χ4n) is 1.82. The van der Waals surface area contributed by atoms with Crippen molar-refractivity contribution < 1.29 is 9.53 Å². The molecule has 0 saturated carbocycles. The second-order valence-corrected chi connectivity index (χ2v) is 7.10. The summed E-state index contributed by atoms with van der Waals surface area (Å²) in [6, 6.07) is 13.3. The molecule has 0 spiro atoms. The van der Waals surface area contributed by atoms with Crippen LogP contribution in [0.5, 0.6) is 0 Å². The highest BCUT2D eigenvalue weighted by molar-refractivity contribution is 7.12. The number of anilines is 2. The molecular formula is C17H19N3O2S. The molecule has 0 aliphatic rings. The number of carbonyl (C=O) groups is 1. The Morgan fingerprint density at radius 2 is 1.83 bits per heavy atom. The number of nitriles is 1. The summed E-state index contributed by atoms with van der Waals surface area (Å²) in [5.74, 6) is 0. The van der Waals surface area contributed by atoms with Gasteiger partial charge in [0.2, 0.25) is 0 Å². The highest BCUT2D eigenvalue weighted by Crippen LogP contribution is 2.19. The van der Waals surface area contributed by atoms with Crippen LogP contribution in [0.25, 0.3) is 0 Å². The topological polar surface area (TPSA) is 74.2 Å². The zero-order chi connectivity index (χ0) is 16.9. The van der Waals surface area contributed by atoms with Crippen LogP contribution in [0.15, 0.2) is 36.4 Å². The second-order valence-electron chi connectivity index (χ2n) is 5.94. The molecule has 1 aromatic heterocycles. The molecular weight excluding hydrogens is 310 g/mol. The van der Waals surface area contributed by atoms with Crippen LogP contribution >= 0.6 is 11.3 Å². The Kier molecular flexibility index (Phi) is 5.24. The van der Waals surface area contributed by atoms with Crippen molar-refractivity contribution in [2.75, 3.05) is 10.6 Å². The number of rotatable bonds is 4. The van der Waals surface area contributed by atoms with E-state index in [1.54, 1.807) is 12.1 Å². The highest BCUT2D eigenvalue weighted by atomic mass is 32.1. The smallest absolute Gasteiger partial charge is 0.412 e. The largest absolute Gasteiger partial charge is 0.444 e. The summed E-state index contributed by atoms with van der Waals surface area (Å²) in [6.07, 6.45) is -0.471. The van der Waals surface area contributed by atoms with Crippen LogP contribution < -0.4 is 10.6 Å². The Bertz CT molecular complexity index is 709. The lowest BCUT2D eigenvalue weighted by atomic mass is 10.2. The van der Waals surface area contributed by atoms with Gasteiger partial charge in [-0.3, -0.25) is 5.32 Å². The molecule has 5 nitrogen and oxygen atoms in total. The van der Waals surface area contributed by atoms with Crippen LogP contribution in [0, 0.1) is 11.3 Å². The highest BCUT2D eigenvalue weighted by Gasteiger charge is 2.16. The minimum Gasteiger partial charge on any atom is -0.444 e. The van der Waals surface area contributed by atoms with Crippen LogP contribution in [0.4, 0.5) is 16.2 Å². The number of benzene rings is 1. The van der Waals surface area contributed by atoms with Gasteiger partial charge in [-0.05, 0) is 57.2 Å². The maximum atomic E-state index is 11.7. The minimum absolute atomic E-state index is 0.471. The number of thiophene rings is 1. The van der Waals surface area contributed by atoms with Gasteiger partial charge in [0.15, 0.2) is 0 Å². The van der Waals surface area contributed by atoms with Gasteiger partial charge in [-0.1, -0.05) is 0 Å². The Labute approximate surface area is 139 Å². The van der Waals surface area contributed by atoms with Crippen molar-refractivity contribution in [2.24, 2.45) is 0 Å². The standard InChI is InChI=1S/C17H19N3O2S/c1-17(2,3)22-16(21)20-13-6-4-12(5-7-13)19-11-15-9-8-14(10-18)23-15/h4-9,19H,11H2,1-3H3,(H,20,21). The van der Waals surface area contributed by atoms with Gasteiger partial charge < -0.3 is 10.1 Å². The Morgan fingerprint density at radius 3 is 2.39 bits per heavy atom. The van der Waals surface area contributed by atoms with E-state index in [2.05, 4.69) is 16.7 Å². The molecule has 2 aromatic rings. The van der Waals surface area contributed by atoms with E-state index in [9.17, 15) is 4.79 Å². The summed E-state index contributed by atoms with van der Waals surface area (Å²) in [7, 11) is 0. The maximum absolute atomic E-state index is 11.7. The first-order valence-electron chi connectivity index (χ1n) is 7.18. The SMILES string of the molecule is CC(C)(C)OC(=O)Nc1ccc(NCc2ccc(C#N)s2)cc1. The van der Waals surface area contributed by atoms with Gasteiger partial charge in [-0.2, -0.15) is 5.26 Å². The first-order valence-corrected chi connectivity index (χ1v) is 8.00. The molecule has 0 radical (unpaired) electrons. The fourth-order valence-corrected chi connectivity index (χ4v) is 2.56. The Hall–Kier alpha value is -2.52. The van der Waals surface area contributed by atoms with Gasteiger partial charge in [0, 0.05) is 22.8 Å². The van der Waals surface area contributed by atoms with E-state index in [1.807, 2.05) is 45.0 Å². The van der Waals surface area contributed by atoms with E-state index >= 15 is 0 Å². The number of nitrogens with one attached hydrogen (secondary N) is 2. The van der Waals surface area contributed by atoms with E-state index < -0.39 is 11.7 Å². The minimum atomic E-state index is -0.519. The summed E-state index contributed by atoms with van der Waals surface area (Å²) < 4.78 is 5.20. The average molecular weight is 329 g/mol. The van der Waals surface area contributed by atoms with E-state index in [0.29, 0.717) is 17.1 Å². The number of amides is 1. The zero-order valence-corrected chi connectivity index (χ0v) is 14.2. The van der Waals surface area contributed by atoms with Gasteiger partial charge in [0.25, 0.3) is 0 Å². The van der Waals surface area contributed by atoms with Gasteiger partial charge >= 0.3 is 6.09 Å². The predicted octanol–water partition coefficient (Wildman–Crippen LogP) is 4.58. The molecule has 0 aliphatic carbocycles. The Morgan fingerprint density at radius 1 is 1.17 bits per heavy atom. The second kappa shape index (κ2) is 7.16. The third-order valence-corrected chi connectivity index (χ3v) is 3.76. The third kappa shape index (κ3) is 5.64. The van der Waals surface area contributed by atoms with Crippen LogP contribution in [-0.4, -0.2) is 11.7 Å². The third-order valence-electron chi connectivity index (χ3n) is 2.77. The summed E-state index contributed by atoms with van der Waals surface area (Å²) in [6.45, 7) is 6.12. The van der Waals surface area contributed by atoms with Crippen LogP contribution in [-0.2, 0) is 11.3 Å². The molecule has 120 valence electrons. The molecule has 1 aromatic carbocycles. The summed E-state index contributed by atoms with van der Waals surface area (Å²) in [4.78, 5) is 13.5. The number of ether oxygens (including phenoxy) is 1. The molecule has 0 aliphatic heterocycles. The molecule has 0 fully saturated rings. The summed E-state index contributed by atoms with van der Waals surface area (Å²) in [5.41, 5.74) is 1.09. The number of hydrogen-bond acceptors (Lipinski definition) is 5. The van der Waals surface area contributed by atoms with Gasteiger partial charge in [-0.25, -0.2) is 4.79 Å². The van der Waals surface area contributed by atoms with E-state index in [4.69, 9.17) is 10.00 Å². The molecule has 0 unspecified atom stereocenters. The normalized spacial score (nSPS) is 10.7. The van der Waals surface area contributed by atoms with E-state index in [-0.39, 0.29) is 0 Å². The van der Waals surface area contributed by atoms with Crippen molar-refractivity contribution in [2.45, 2.75) is 32.9 Å². The van der Waals surface area contributed by atoms with Crippen molar-refractivity contribution in [3.05, 3.63) is 46.2 Å². The molecule has 6 heteroatoms. The summed E-state index contributed by atoms with van der Waals surface area (Å²) >= 11 is 1.47. The van der Waals surface area contributed by atoms with E-state index in [0.717, 1.165) is 10.6 Å². The molecule has 2 rings (SSSR count). The molecule has 0 bridgehead atoms. The van der Waals surface area contributed by atoms with Crippen molar-refractivity contribution in [1.29, 1.82) is 5.26 Å². The van der Waals surface area contributed by atoms with Crippen LogP contribution in [0.1, 0.15) is 30.5 Å². The molecule has 23 heavy (non-hydrogen) atoms. The molecule has 2 N–H and O–H groups in total. The zero-order valence-electron chi connectivity index (χ0n) is 13.3. The quantitative estimate of drug-likeness (QED) is 0.861. The molecule has 1 amide bonds. The monoisotopic (exact) mass is 329 g/mol. The molecule has 1 heterocycles. The predicted molar refractivity (Wildman–Crippen MR) is 92.7 cm³/mol. The first kappa shape index (κ1) is 16.8. The van der Waals surface area contributed by atoms with Crippen molar-refractivity contribution in [3.8, 4) is 6.07 Å². The van der Waals surface area contributed by atoms with Crippen molar-refractivity contribution >= 4 is 28.8 Å². The number of hydrogen-bond donors (Lipinski definition) is 2. The fraction of sp³-hybridized carbons (Fsp3) is 0.294. The lowest BCUT2D eigenvalue weighted by Gasteiger charge is -2.19. The van der Waals surface area contributed by atoms with Crippen molar-refractivity contribution in [3.63, 3.8) is 0 Å². The van der Waals surface area contributed by atoms with Crippen LogP contribution in [0.2, 0.25) is 0 Å². The van der Waals surface area contributed by atoms with Gasteiger partial charge in [0.05, 0.1) is 0 Å². The average Bonchev–Trinajstić information content (AvgIpc) is 2.92. The number of carbonyl (C=O) groups excluding carboxylic acids is 1. The molecule has 0 saturated heterocycles. The van der Waals surface area contributed by atoms with E-state index in [1.165, 1.54) is 11.3 Å². The van der Waals surface area contributed by atoms with Gasteiger partial charge in [-0.15, -0.1) is 11.3 Å².